The SMILES string of the molecule is CCCOc1cncc(C(=O)c2ccncc2CC)c1. The maximum absolute atomic E-state index is 12.5. The first-order valence-electron chi connectivity index (χ1n) is 6.81. The lowest BCUT2D eigenvalue weighted by Crippen LogP contribution is -2.07. The molecule has 0 fully saturated rings. The van der Waals surface area contributed by atoms with Crippen LogP contribution in [0.25, 0.3) is 0 Å². The standard InChI is InChI=1S/C16H18N2O2/c1-3-7-20-14-8-13(10-18-11-14)16(19)15-5-6-17-9-12(15)4-2/h5-6,8-11H,3-4,7H2,1-2H3. The van der Waals surface area contributed by atoms with Crippen molar-refractivity contribution in [3.05, 3.63) is 53.6 Å². The van der Waals surface area contributed by atoms with Gasteiger partial charge in [-0.3, -0.25) is 14.8 Å². The summed E-state index contributed by atoms with van der Waals surface area (Å²) in [6.07, 6.45) is 8.26. The normalized spacial score (nSPS) is 10.3. The molecule has 0 radical (unpaired) electrons. The Bertz CT molecular complexity index is 597. The van der Waals surface area contributed by atoms with Gasteiger partial charge in [-0.2, -0.15) is 0 Å². The van der Waals surface area contributed by atoms with Crippen LogP contribution < -0.4 is 4.74 Å². The summed E-state index contributed by atoms with van der Waals surface area (Å²) in [5.74, 6) is 0.587. The Hall–Kier alpha value is -2.23. The van der Waals surface area contributed by atoms with Crippen LogP contribution in [0.15, 0.2) is 36.9 Å². The van der Waals surface area contributed by atoms with E-state index in [4.69, 9.17) is 4.74 Å². The van der Waals surface area contributed by atoms with Crippen molar-refractivity contribution in [1.29, 1.82) is 0 Å². The molecule has 2 heterocycles. The molecule has 4 nitrogen and oxygen atoms in total. The molecule has 0 saturated carbocycles. The van der Waals surface area contributed by atoms with Crippen LogP contribution in [-0.4, -0.2) is 22.4 Å². The molecule has 0 aliphatic rings. The maximum atomic E-state index is 12.5. The third-order valence-corrected chi connectivity index (χ3v) is 2.98. The average molecular weight is 270 g/mol. The number of carbonyl (C=O) groups is 1. The van der Waals surface area contributed by atoms with Gasteiger partial charge in [0.2, 0.25) is 0 Å². The Labute approximate surface area is 118 Å². The molecule has 4 heteroatoms. The van der Waals surface area contributed by atoms with Crippen LogP contribution in [0.1, 0.15) is 41.8 Å². The van der Waals surface area contributed by atoms with Crippen LogP contribution in [0.5, 0.6) is 5.75 Å². The number of ketones is 1. The highest BCUT2D eigenvalue weighted by Gasteiger charge is 2.13. The van der Waals surface area contributed by atoms with Crippen molar-refractivity contribution >= 4 is 5.78 Å². The Morgan fingerprint density at radius 1 is 1.20 bits per heavy atom. The lowest BCUT2D eigenvalue weighted by Gasteiger charge is -2.08. The largest absolute Gasteiger partial charge is 0.492 e. The minimum atomic E-state index is -0.0429. The highest BCUT2D eigenvalue weighted by Crippen LogP contribution is 2.17. The Morgan fingerprint density at radius 2 is 2.05 bits per heavy atom. The average Bonchev–Trinajstić information content (AvgIpc) is 2.52. The molecule has 20 heavy (non-hydrogen) atoms. The van der Waals surface area contributed by atoms with E-state index in [1.54, 1.807) is 36.9 Å². The number of aryl methyl sites for hydroxylation is 1. The number of rotatable bonds is 6. The van der Waals surface area contributed by atoms with Crippen LogP contribution >= 0.6 is 0 Å². The number of aromatic nitrogens is 2. The van der Waals surface area contributed by atoms with E-state index in [1.807, 2.05) is 13.8 Å². The molecule has 0 unspecified atom stereocenters. The van der Waals surface area contributed by atoms with Gasteiger partial charge in [-0.25, -0.2) is 0 Å². The fourth-order valence-electron chi connectivity index (χ4n) is 1.93. The highest BCUT2D eigenvalue weighted by atomic mass is 16.5. The quantitative estimate of drug-likeness (QED) is 0.757. The first-order valence-corrected chi connectivity index (χ1v) is 6.81. The first-order chi connectivity index (χ1) is 9.76. The van der Waals surface area contributed by atoms with Gasteiger partial charge < -0.3 is 4.74 Å². The van der Waals surface area contributed by atoms with Gasteiger partial charge in [-0.1, -0.05) is 13.8 Å². The third-order valence-electron chi connectivity index (χ3n) is 2.98. The van der Waals surface area contributed by atoms with E-state index in [-0.39, 0.29) is 5.78 Å². The van der Waals surface area contributed by atoms with Crippen LogP contribution in [0.4, 0.5) is 0 Å². The number of hydrogen-bond acceptors (Lipinski definition) is 4. The van der Waals surface area contributed by atoms with E-state index < -0.39 is 0 Å². The molecule has 0 atom stereocenters. The van der Waals surface area contributed by atoms with E-state index in [9.17, 15) is 4.79 Å². The minimum Gasteiger partial charge on any atom is -0.492 e. The molecular formula is C16H18N2O2. The van der Waals surface area contributed by atoms with Crippen LogP contribution in [0.2, 0.25) is 0 Å². The summed E-state index contributed by atoms with van der Waals surface area (Å²) in [5.41, 5.74) is 2.16. The van der Waals surface area contributed by atoms with Gasteiger partial charge in [-0.15, -0.1) is 0 Å². The van der Waals surface area contributed by atoms with Crippen molar-refractivity contribution in [3.63, 3.8) is 0 Å². The minimum absolute atomic E-state index is 0.0429. The fourth-order valence-corrected chi connectivity index (χ4v) is 1.93. The first kappa shape index (κ1) is 14.2. The van der Waals surface area contributed by atoms with Crippen molar-refractivity contribution in [1.82, 2.24) is 9.97 Å². The van der Waals surface area contributed by atoms with Crippen molar-refractivity contribution in [2.24, 2.45) is 0 Å². The zero-order valence-electron chi connectivity index (χ0n) is 11.8. The van der Waals surface area contributed by atoms with Gasteiger partial charge in [0.15, 0.2) is 5.78 Å². The topological polar surface area (TPSA) is 52.1 Å². The van der Waals surface area contributed by atoms with E-state index >= 15 is 0 Å². The zero-order chi connectivity index (χ0) is 14.4. The molecule has 2 aromatic heterocycles. The van der Waals surface area contributed by atoms with Crippen LogP contribution in [0, 0.1) is 0 Å². The second-order valence-corrected chi connectivity index (χ2v) is 4.47. The molecule has 0 saturated heterocycles. The van der Waals surface area contributed by atoms with Gasteiger partial charge in [0.1, 0.15) is 5.75 Å². The van der Waals surface area contributed by atoms with E-state index in [0.29, 0.717) is 23.5 Å². The fraction of sp³-hybridized carbons (Fsp3) is 0.312. The Balaban J connectivity index is 2.28. The number of ether oxygens (including phenoxy) is 1. The second-order valence-electron chi connectivity index (χ2n) is 4.47. The molecule has 2 aromatic rings. The van der Waals surface area contributed by atoms with E-state index in [0.717, 1.165) is 18.4 Å². The monoisotopic (exact) mass is 270 g/mol. The summed E-state index contributed by atoms with van der Waals surface area (Å²) < 4.78 is 5.51. The predicted octanol–water partition coefficient (Wildman–Crippen LogP) is 3.06. The lowest BCUT2D eigenvalue weighted by molar-refractivity contribution is 0.103. The second kappa shape index (κ2) is 6.80. The molecule has 0 aromatic carbocycles. The van der Waals surface area contributed by atoms with Crippen molar-refractivity contribution in [3.8, 4) is 5.75 Å². The molecule has 0 bridgehead atoms. The summed E-state index contributed by atoms with van der Waals surface area (Å²) in [6.45, 7) is 4.66. The summed E-state index contributed by atoms with van der Waals surface area (Å²) >= 11 is 0. The maximum Gasteiger partial charge on any atom is 0.195 e. The summed E-state index contributed by atoms with van der Waals surface area (Å²) in [4.78, 5) is 20.7. The molecule has 0 aliphatic heterocycles. The van der Waals surface area contributed by atoms with Crippen molar-refractivity contribution in [2.75, 3.05) is 6.61 Å². The smallest absolute Gasteiger partial charge is 0.195 e. The molecule has 0 aliphatic carbocycles. The van der Waals surface area contributed by atoms with Gasteiger partial charge >= 0.3 is 0 Å². The molecular weight excluding hydrogens is 252 g/mol. The van der Waals surface area contributed by atoms with Gasteiger partial charge in [0, 0.05) is 29.7 Å². The summed E-state index contributed by atoms with van der Waals surface area (Å²) in [6, 6.07) is 3.49. The number of pyridine rings is 2. The van der Waals surface area contributed by atoms with E-state index in [1.165, 1.54) is 0 Å². The molecule has 2 rings (SSSR count). The molecule has 0 N–H and O–H groups in total. The van der Waals surface area contributed by atoms with Crippen molar-refractivity contribution < 1.29 is 9.53 Å². The lowest BCUT2D eigenvalue weighted by atomic mass is 10.00. The summed E-state index contributed by atoms with van der Waals surface area (Å²) in [5, 5.41) is 0. The van der Waals surface area contributed by atoms with E-state index in [2.05, 4.69) is 9.97 Å². The molecule has 0 spiro atoms. The van der Waals surface area contributed by atoms with Crippen molar-refractivity contribution in [2.45, 2.75) is 26.7 Å². The van der Waals surface area contributed by atoms with Crippen LogP contribution in [-0.2, 0) is 6.42 Å². The van der Waals surface area contributed by atoms with Gasteiger partial charge in [-0.05, 0) is 30.5 Å². The van der Waals surface area contributed by atoms with Crippen LogP contribution in [0.3, 0.4) is 0 Å². The number of carbonyl (C=O) groups excluding carboxylic acids is 1. The van der Waals surface area contributed by atoms with Gasteiger partial charge in [0.05, 0.1) is 12.8 Å². The van der Waals surface area contributed by atoms with Gasteiger partial charge in [0.25, 0.3) is 0 Å². The Morgan fingerprint density at radius 3 is 2.80 bits per heavy atom. The summed E-state index contributed by atoms with van der Waals surface area (Å²) in [7, 11) is 0. The highest BCUT2D eigenvalue weighted by molar-refractivity contribution is 6.09. The predicted molar refractivity (Wildman–Crippen MR) is 77.1 cm³/mol. The zero-order valence-corrected chi connectivity index (χ0v) is 11.8. The third kappa shape index (κ3) is 3.20. The molecule has 0 amide bonds. The molecule has 104 valence electrons. The number of nitrogens with zero attached hydrogens (tertiary/aromatic N) is 2. The Kier molecular flexibility index (Phi) is 4.82. The number of hydrogen-bond donors (Lipinski definition) is 0.